The normalized spacial score (nSPS) is 15.0. The van der Waals surface area contributed by atoms with Crippen LogP contribution in [0.25, 0.3) is 0 Å². The summed E-state index contributed by atoms with van der Waals surface area (Å²) < 4.78 is 0.957. The van der Waals surface area contributed by atoms with E-state index in [1.807, 2.05) is 12.3 Å². The molecule has 1 N–H and O–H groups in total. The van der Waals surface area contributed by atoms with Gasteiger partial charge in [-0.05, 0) is 56.2 Å². The van der Waals surface area contributed by atoms with Gasteiger partial charge >= 0.3 is 0 Å². The highest BCUT2D eigenvalue weighted by atomic mass is 32.2. The molecular formula is C18H22N2OS2. The van der Waals surface area contributed by atoms with E-state index in [4.69, 9.17) is 0 Å². The summed E-state index contributed by atoms with van der Waals surface area (Å²) in [6, 6.07) is 6.72. The Balaban J connectivity index is 1.55. The predicted octanol–water partition coefficient (Wildman–Crippen LogP) is 4.30. The molecule has 0 fully saturated rings. The van der Waals surface area contributed by atoms with Crippen LogP contribution in [0.5, 0.6) is 0 Å². The molecule has 2 aromatic rings. The molecular weight excluding hydrogens is 324 g/mol. The average molecular weight is 347 g/mol. The summed E-state index contributed by atoms with van der Waals surface area (Å²) in [7, 11) is 0. The van der Waals surface area contributed by atoms with Gasteiger partial charge in [0.25, 0.3) is 0 Å². The Morgan fingerprint density at radius 1 is 1.35 bits per heavy atom. The van der Waals surface area contributed by atoms with Crippen molar-refractivity contribution in [1.29, 1.82) is 0 Å². The minimum Gasteiger partial charge on any atom is -0.349 e. The van der Waals surface area contributed by atoms with E-state index in [-0.39, 0.29) is 11.9 Å². The molecule has 0 bridgehead atoms. The number of rotatable bonds is 5. The highest BCUT2D eigenvalue weighted by Gasteiger charge is 2.14. The van der Waals surface area contributed by atoms with Gasteiger partial charge in [-0.25, -0.2) is 4.98 Å². The van der Waals surface area contributed by atoms with Crippen LogP contribution < -0.4 is 5.32 Å². The molecule has 3 rings (SSSR count). The molecule has 3 nitrogen and oxygen atoms in total. The zero-order valence-electron chi connectivity index (χ0n) is 13.6. The van der Waals surface area contributed by atoms with Crippen molar-refractivity contribution in [2.24, 2.45) is 0 Å². The maximum atomic E-state index is 12.1. The van der Waals surface area contributed by atoms with E-state index in [2.05, 4.69) is 35.4 Å². The molecule has 23 heavy (non-hydrogen) atoms. The first-order valence-electron chi connectivity index (χ1n) is 8.08. The molecule has 0 saturated carbocycles. The van der Waals surface area contributed by atoms with Crippen LogP contribution in [0.3, 0.4) is 0 Å². The molecule has 0 unspecified atom stereocenters. The third-order valence-corrected chi connectivity index (χ3v) is 6.31. The monoisotopic (exact) mass is 346 g/mol. The summed E-state index contributed by atoms with van der Waals surface area (Å²) in [5.74, 6) is 0.482. The third kappa shape index (κ3) is 4.36. The van der Waals surface area contributed by atoms with Gasteiger partial charge in [-0.15, -0.1) is 11.3 Å². The molecule has 1 amide bonds. The standard InChI is InChI=1S/C18H22N2OS2/c1-12-10-22-18(19-12)23-11-17(21)20-13(2)15-8-7-14-5-3-4-6-16(14)9-15/h7-10,13H,3-6,11H2,1-2H3,(H,20,21)/t13-/m1/s1. The molecule has 0 saturated heterocycles. The van der Waals surface area contributed by atoms with Crippen LogP contribution in [0, 0.1) is 6.92 Å². The number of aryl methyl sites for hydroxylation is 3. The minimum absolute atomic E-state index is 0.0494. The molecule has 1 atom stereocenters. The fourth-order valence-corrected chi connectivity index (χ4v) is 4.58. The van der Waals surface area contributed by atoms with Gasteiger partial charge in [0, 0.05) is 11.1 Å². The van der Waals surface area contributed by atoms with Gasteiger partial charge in [0.05, 0.1) is 11.8 Å². The van der Waals surface area contributed by atoms with Crippen LogP contribution in [0.1, 0.15) is 48.2 Å². The van der Waals surface area contributed by atoms with Crippen molar-refractivity contribution in [3.05, 3.63) is 46.0 Å². The first-order valence-corrected chi connectivity index (χ1v) is 9.94. The first-order chi connectivity index (χ1) is 11.1. The van der Waals surface area contributed by atoms with E-state index in [9.17, 15) is 4.79 Å². The lowest BCUT2D eigenvalue weighted by Gasteiger charge is -2.20. The largest absolute Gasteiger partial charge is 0.349 e. The van der Waals surface area contributed by atoms with Gasteiger partial charge in [0.2, 0.25) is 5.91 Å². The lowest BCUT2D eigenvalue weighted by molar-refractivity contribution is -0.119. The summed E-state index contributed by atoms with van der Waals surface area (Å²) in [5, 5.41) is 5.11. The Bertz CT molecular complexity index is 696. The number of nitrogens with zero attached hydrogens (tertiary/aromatic N) is 1. The quantitative estimate of drug-likeness (QED) is 0.821. The zero-order chi connectivity index (χ0) is 16.2. The molecule has 1 aromatic carbocycles. The van der Waals surface area contributed by atoms with Gasteiger partial charge in [-0.2, -0.15) is 0 Å². The molecule has 1 aliphatic rings. The van der Waals surface area contributed by atoms with E-state index < -0.39 is 0 Å². The second-order valence-electron chi connectivity index (χ2n) is 6.07. The molecule has 122 valence electrons. The highest BCUT2D eigenvalue weighted by molar-refractivity contribution is 8.01. The van der Waals surface area contributed by atoms with Crippen molar-refractivity contribution in [2.45, 2.75) is 49.9 Å². The Hall–Kier alpha value is -1.33. The van der Waals surface area contributed by atoms with Gasteiger partial charge in [-0.1, -0.05) is 30.0 Å². The van der Waals surface area contributed by atoms with E-state index in [0.29, 0.717) is 5.75 Å². The first kappa shape index (κ1) is 16.5. The number of aromatic nitrogens is 1. The SMILES string of the molecule is Cc1csc(SCC(=O)N[C@H](C)c2ccc3c(c2)CCCC3)n1. The van der Waals surface area contributed by atoms with E-state index in [1.165, 1.54) is 54.1 Å². The Labute approximate surface area is 145 Å². The van der Waals surface area contributed by atoms with Gasteiger partial charge in [-0.3, -0.25) is 4.79 Å². The number of thioether (sulfide) groups is 1. The number of fused-ring (bicyclic) bond motifs is 1. The molecule has 1 aliphatic carbocycles. The second kappa shape index (κ2) is 7.49. The Morgan fingerprint density at radius 3 is 2.87 bits per heavy atom. The number of nitrogens with one attached hydrogen (secondary N) is 1. The van der Waals surface area contributed by atoms with Crippen LogP contribution in [-0.2, 0) is 17.6 Å². The Morgan fingerprint density at radius 2 is 2.13 bits per heavy atom. The lowest BCUT2D eigenvalue weighted by atomic mass is 9.89. The van der Waals surface area contributed by atoms with Crippen LogP contribution in [0.4, 0.5) is 0 Å². The summed E-state index contributed by atoms with van der Waals surface area (Å²) >= 11 is 3.10. The van der Waals surface area contributed by atoms with E-state index >= 15 is 0 Å². The van der Waals surface area contributed by atoms with Crippen LogP contribution in [-0.4, -0.2) is 16.6 Å². The smallest absolute Gasteiger partial charge is 0.230 e. The van der Waals surface area contributed by atoms with Crippen molar-refractivity contribution >= 4 is 29.0 Å². The van der Waals surface area contributed by atoms with Crippen molar-refractivity contribution < 1.29 is 4.79 Å². The van der Waals surface area contributed by atoms with Crippen LogP contribution in [0.2, 0.25) is 0 Å². The summed E-state index contributed by atoms with van der Waals surface area (Å²) in [6.07, 6.45) is 4.94. The third-order valence-electron chi connectivity index (χ3n) is 4.17. The molecule has 0 radical (unpaired) electrons. The second-order valence-corrected chi connectivity index (χ2v) is 8.15. The minimum atomic E-state index is 0.0494. The van der Waals surface area contributed by atoms with Crippen molar-refractivity contribution in [3.8, 4) is 0 Å². The number of carbonyl (C=O) groups excluding carboxylic acids is 1. The zero-order valence-corrected chi connectivity index (χ0v) is 15.2. The van der Waals surface area contributed by atoms with Crippen molar-refractivity contribution in [3.63, 3.8) is 0 Å². The number of benzene rings is 1. The number of hydrogen-bond acceptors (Lipinski definition) is 4. The van der Waals surface area contributed by atoms with Gasteiger partial charge < -0.3 is 5.32 Å². The fraction of sp³-hybridized carbons (Fsp3) is 0.444. The summed E-state index contributed by atoms with van der Waals surface area (Å²) in [5.41, 5.74) is 5.16. The van der Waals surface area contributed by atoms with Gasteiger partial charge in [0.15, 0.2) is 4.34 Å². The summed E-state index contributed by atoms with van der Waals surface area (Å²) in [6.45, 7) is 4.03. The van der Waals surface area contributed by atoms with Crippen LogP contribution in [0.15, 0.2) is 27.9 Å². The molecule has 0 aliphatic heterocycles. The van der Waals surface area contributed by atoms with Gasteiger partial charge in [0.1, 0.15) is 0 Å². The highest BCUT2D eigenvalue weighted by Crippen LogP contribution is 2.25. The number of hydrogen-bond donors (Lipinski definition) is 1. The maximum Gasteiger partial charge on any atom is 0.230 e. The van der Waals surface area contributed by atoms with Crippen molar-refractivity contribution in [1.82, 2.24) is 10.3 Å². The molecule has 0 spiro atoms. The predicted molar refractivity (Wildman–Crippen MR) is 97.2 cm³/mol. The number of carbonyl (C=O) groups is 1. The summed E-state index contributed by atoms with van der Waals surface area (Å²) in [4.78, 5) is 16.5. The van der Waals surface area contributed by atoms with E-state index in [1.54, 1.807) is 11.3 Å². The molecule has 1 aromatic heterocycles. The number of amides is 1. The average Bonchev–Trinajstić information content (AvgIpc) is 2.98. The van der Waals surface area contributed by atoms with E-state index in [0.717, 1.165) is 10.0 Å². The van der Waals surface area contributed by atoms with Crippen LogP contribution >= 0.6 is 23.1 Å². The molecule has 1 heterocycles. The van der Waals surface area contributed by atoms with Crippen molar-refractivity contribution in [2.75, 3.05) is 5.75 Å². The fourth-order valence-electron chi connectivity index (χ4n) is 2.92. The topological polar surface area (TPSA) is 42.0 Å². The lowest BCUT2D eigenvalue weighted by Crippen LogP contribution is -2.28. The molecule has 5 heteroatoms. The Kier molecular flexibility index (Phi) is 5.38. The number of thiazole rings is 1. The maximum absolute atomic E-state index is 12.1.